The topological polar surface area (TPSA) is 81.7 Å². The molecule has 0 spiro atoms. The molecular formula is C12H14ClN3O3. The van der Waals surface area contributed by atoms with E-state index in [4.69, 9.17) is 16.7 Å². The number of carbonyl (C=O) groups excluding carboxylic acids is 1. The molecule has 1 aromatic carbocycles. The lowest BCUT2D eigenvalue weighted by Gasteiger charge is -2.27. The Balaban J connectivity index is 2.16. The lowest BCUT2D eigenvalue weighted by molar-refractivity contribution is 0.0698. The largest absolute Gasteiger partial charge is 0.478 e. The van der Waals surface area contributed by atoms with Crippen LogP contribution in [0.1, 0.15) is 10.4 Å². The maximum atomic E-state index is 12.0. The summed E-state index contributed by atoms with van der Waals surface area (Å²) in [7, 11) is 0. The molecule has 1 aromatic rings. The van der Waals surface area contributed by atoms with Crippen molar-refractivity contribution < 1.29 is 14.7 Å². The number of urea groups is 1. The van der Waals surface area contributed by atoms with Gasteiger partial charge in [-0.25, -0.2) is 9.59 Å². The Morgan fingerprint density at radius 1 is 1.32 bits per heavy atom. The van der Waals surface area contributed by atoms with E-state index >= 15 is 0 Å². The molecule has 0 atom stereocenters. The molecule has 0 radical (unpaired) electrons. The number of nitrogens with one attached hydrogen (secondary N) is 2. The predicted molar refractivity (Wildman–Crippen MR) is 71.9 cm³/mol. The maximum Gasteiger partial charge on any atom is 0.339 e. The van der Waals surface area contributed by atoms with Crippen molar-refractivity contribution in [3.63, 3.8) is 0 Å². The van der Waals surface area contributed by atoms with Crippen molar-refractivity contribution >= 4 is 29.3 Å². The zero-order chi connectivity index (χ0) is 13.8. The van der Waals surface area contributed by atoms with Gasteiger partial charge in [0, 0.05) is 26.2 Å². The molecule has 0 saturated carbocycles. The van der Waals surface area contributed by atoms with Crippen molar-refractivity contribution in [1.29, 1.82) is 0 Å². The predicted octanol–water partition coefficient (Wildman–Crippen LogP) is 1.48. The summed E-state index contributed by atoms with van der Waals surface area (Å²) in [4.78, 5) is 24.8. The number of halogens is 1. The summed E-state index contributed by atoms with van der Waals surface area (Å²) in [6, 6.07) is 4.29. The number of carboxylic acid groups (broad SMARTS) is 1. The second-order valence-electron chi connectivity index (χ2n) is 4.13. The monoisotopic (exact) mass is 283 g/mol. The van der Waals surface area contributed by atoms with Crippen LogP contribution in [0.5, 0.6) is 0 Å². The molecule has 1 fully saturated rings. The molecule has 2 rings (SSSR count). The molecule has 6 nitrogen and oxygen atoms in total. The highest BCUT2D eigenvalue weighted by atomic mass is 35.5. The van der Waals surface area contributed by atoms with Crippen LogP contribution in [0, 0.1) is 0 Å². The number of rotatable bonds is 2. The number of carbonyl (C=O) groups is 2. The number of aromatic carboxylic acids is 1. The Bertz CT molecular complexity index is 501. The maximum absolute atomic E-state index is 12.0. The zero-order valence-corrected chi connectivity index (χ0v) is 10.9. The lowest BCUT2D eigenvalue weighted by Crippen LogP contribution is -2.48. The fourth-order valence-corrected chi connectivity index (χ4v) is 2.16. The van der Waals surface area contributed by atoms with Gasteiger partial charge in [-0.1, -0.05) is 17.7 Å². The molecule has 7 heteroatoms. The Labute approximate surface area is 115 Å². The standard InChI is InChI=1S/C12H14ClN3O3/c13-8-2-1-3-9(10(8)11(17)18)15-12(19)16-6-4-14-5-7-16/h1-3,14H,4-7H2,(H,15,19)(H,17,18). The SMILES string of the molecule is O=C(O)c1c(Cl)cccc1NC(=O)N1CCNCC1. The molecule has 2 amide bonds. The van der Waals surface area contributed by atoms with Crippen molar-refractivity contribution in [1.82, 2.24) is 10.2 Å². The second-order valence-corrected chi connectivity index (χ2v) is 4.54. The van der Waals surface area contributed by atoms with Crippen molar-refractivity contribution in [2.75, 3.05) is 31.5 Å². The third kappa shape index (κ3) is 3.15. The van der Waals surface area contributed by atoms with Crippen LogP contribution in [0.15, 0.2) is 18.2 Å². The molecule has 3 N–H and O–H groups in total. The van der Waals surface area contributed by atoms with E-state index in [1.807, 2.05) is 0 Å². The molecule has 1 heterocycles. The van der Waals surface area contributed by atoms with Gasteiger partial charge in [0.05, 0.1) is 10.7 Å². The second kappa shape index (κ2) is 5.90. The number of anilines is 1. The molecular weight excluding hydrogens is 270 g/mol. The first-order valence-corrected chi connectivity index (χ1v) is 6.26. The lowest BCUT2D eigenvalue weighted by atomic mass is 10.2. The fraction of sp³-hybridized carbons (Fsp3) is 0.333. The van der Waals surface area contributed by atoms with Gasteiger partial charge in [0.2, 0.25) is 0 Å². The summed E-state index contributed by atoms with van der Waals surface area (Å²) in [5, 5.41) is 14.9. The summed E-state index contributed by atoms with van der Waals surface area (Å²) in [6.07, 6.45) is 0. The Hall–Kier alpha value is -1.79. The molecule has 1 aliphatic heterocycles. The highest BCUT2D eigenvalue weighted by Crippen LogP contribution is 2.24. The first kappa shape index (κ1) is 13.6. The Morgan fingerprint density at radius 2 is 2.00 bits per heavy atom. The van der Waals surface area contributed by atoms with E-state index in [1.165, 1.54) is 12.1 Å². The van der Waals surface area contributed by atoms with E-state index < -0.39 is 5.97 Å². The Kier molecular flexibility index (Phi) is 4.24. The minimum atomic E-state index is -1.17. The third-order valence-corrected chi connectivity index (χ3v) is 3.19. The van der Waals surface area contributed by atoms with E-state index in [1.54, 1.807) is 11.0 Å². The summed E-state index contributed by atoms with van der Waals surface area (Å²) in [5.41, 5.74) is 0.121. The van der Waals surface area contributed by atoms with Gasteiger partial charge in [0.1, 0.15) is 5.56 Å². The van der Waals surface area contributed by atoms with Gasteiger partial charge in [-0.05, 0) is 12.1 Å². The quantitative estimate of drug-likeness (QED) is 0.768. The molecule has 0 aromatic heterocycles. The minimum absolute atomic E-state index is 0.0901. The van der Waals surface area contributed by atoms with E-state index in [0.717, 1.165) is 13.1 Å². The molecule has 102 valence electrons. The summed E-state index contributed by atoms with van der Waals surface area (Å²) in [6.45, 7) is 2.65. The van der Waals surface area contributed by atoms with Crippen LogP contribution in [0.25, 0.3) is 0 Å². The summed E-state index contributed by atoms with van der Waals surface area (Å²) in [5.74, 6) is -1.17. The smallest absolute Gasteiger partial charge is 0.339 e. The number of hydrogen-bond acceptors (Lipinski definition) is 3. The Morgan fingerprint density at radius 3 is 2.63 bits per heavy atom. The van der Waals surface area contributed by atoms with Crippen LogP contribution in [0.2, 0.25) is 5.02 Å². The first-order chi connectivity index (χ1) is 9.09. The highest BCUT2D eigenvalue weighted by molar-refractivity contribution is 6.34. The van der Waals surface area contributed by atoms with Gasteiger partial charge in [-0.2, -0.15) is 0 Å². The first-order valence-electron chi connectivity index (χ1n) is 5.88. The van der Waals surface area contributed by atoms with Crippen LogP contribution in [0.3, 0.4) is 0 Å². The zero-order valence-electron chi connectivity index (χ0n) is 10.1. The van der Waals surface area contributed by atoms with E-state index in [2.05, 4.69) is 10.6 Å². The van der Waals surface area contributed by atoms with Crippen molar-refractivity contribution in [3.05, 3.63) is 28.8 Å². The van der Waals surface area contributed by atoms with Gasteiger partial charge in [0.15, 0.2) is 0 Å². The van der Waals surface area contributed by atoms with Crippen LogP contribution in [0.4, 0.5) is 10.5 Å². The van der Waals surface area contributed by atoms with Crippen molar-refractivity contribution in [3.8, 4) is 0 Å². The van der Waals surface area contributed by atoms with Crippen molar-refractivity contribution in [2.45, 2.75) is 0 Å². The summed E-state index contributed by atoms with van der Waals surface area (Å²) >= 11 is 5.84. The summed E-state index contributed by atoms with van der Waals surface area (Å²) < 4.78 is 0. The van der Waals surface area contributed by atoms with Gasteiger partial charge >= 0.3 is 12.0 Å². The van der Waals surface area contributed by atoms with Gasteiger partial charge < -0.3 is 20.6 Å². The van der Waals surface area contributed by atoms with Crippen LogP contribution in [-0.4, -0.2) is 48.2 Å². The third-order valence-electron chi connectivity index (χ3n) is 2.87. The average molecular weight is 284 g/mol. The van der Waals surface area contributed by atoms with E-state index in [-0.39, 0.29) is 22.3 Å². The fourth-order valence-electron chi connectivity index (χ4n) is 1.91. The highest BCUT2D eigenvalue weighted by Gasteiger charge is 2.20. The number of carboxylic acids is 1. The van der Waals surface area contributed by atoms with E-state index in [0.29, 0.717) is 13.1 Å². The minimum Gasteiger partial charge on any atom is -0.478 e. The van der Waals surface area contributed by atoms with Gasteiger partial charge in [-0.15, -0.1) is 0 Å². The number of benzene rings is 1. The van der Waals surface area contributed by atoms with E-state index in [9.17, 15) is 9.59 Å². The molecule has 0 aliphatic carbocycles. The average Bonchev–Trinajstić information content (AvgIpc) is 2.39. The normalized spacial score (nSPS) is 15.1. The van der Waals surface area contributed by atoms with Crippen molar-refractivity contribution in [2.24, 2.45) is 0 Å². The number of amides is 2. The molecule has 19 heavy (non-hydrogen) atoms. The molecule has 0 unspecified atom stereocenters. The molecule has 0 bridgehead atoms. The van der Waals surface area contributed by atoms with Gasteiger partial charge in [0.25, 0.3) is 0 Å². The number of piperazine rings is 1. The van der Waals surface area contributed by atoms with Gasteiger partial charge in [-0.3, -0.25) is 0 Å². The number of nitrogens with zero attached hydrogens (tertiary/aromatic N) is 1. The van der Waals surface area contributed by atoms with Crippen LogP contribution < -0.4 is 10.6 Å². The van der Waals surface area contributed by atoms with Crippen LogP contribution in [-0.2, 0) is 0 Å². The number of hydrogen-bond donors (Lipinski definition) is 3. The van der Waals surface area contributed by atoms with Crippen LogP contribution >= 0.6 is 11.6 Å². The molecule has 1 aliphatic rings. The molecule has 1 saturated heterocycles.